The van der Waals surface area contributed by atoms with Crippen LogP contribution >= 0.6 is 0 Å². The van der Waals surface area contributed by atoms with Crippen molar-refractivity contribution >= 4 is 5.95 Å². The van der Waals surface area contributed by atoms with Crippen molar-refractivity contribution in [2.45, 2.75) is 19.9 Å². The maximum absolute atomic E-state index is 9.38. The van der Waals surface area contributed by atoms with E-state index in [-0.39, 0.29) is 11.8 Å². The van der Waals surface area contributed by atoms with E-state index in [1.165, 1.54) is 0 Å². The fraction of sp³-hybridized carbons (Fsp3) is 0.222. The Hall–Kier alpha value is -3.22. The van der Waals surface area contributed by atoms with E-state index in [9.17, 15) is 5.11 Å². The molecule has 2 aromatic heterocycles. The van der Waals surface area contributed by atoms with Crippen LogP contribution < -0.4 is 10.1 Å². The van der Waals surface area contributed by atoms with Crippen LogP contribution in [0.5, 0.6) is 11.8 Å². The number of benzene rings is 1. The molecular weight excluding hydrogens is 318 g/mol. The number of aromatic nitrogens is 4. The lowest BCUT2D eigenvalue weighted by Gasteiger charge is -2.09. The third kappa shape index (κ3) is 4.87. The molecule has 1 aromatic carbocycles. The molecule has 0 saturated heterocycles. The molecule has 2 N–H and O–H groups in total. The van der Waals surface area contributed by atoms with Crippen molar-refractivity contribution in [2.75, 3.05) is 11.9 Å². The molecule has 2 heterocycles. The molecule has 0 unspecified atom stereocenters. The standard InChI is InChI=1S/C18H19N5O2/c1-2-25-18-22-16(11-13-6-8-15(24)9-7-13)21-17(23-18)20-12-14-5-3-4-10-19-14/h3-10,24H,2,11-12H2,1H3,(H,20,21,22,23). The number of nitrogens with zero attached hydrogens (tertiary/aromatic N) is 4. The van der Waals surface area contributed by atoms with Gasteiger partial charge in [0.1, 0.15) is 11.6 Å². The summed E-state index contributed by atoms with van der Waals surface area (Å²) in [5.74, 6) is 1.26. The number of rotatable bonds is 7. The second kappa shape index (κ2) is 8.05. The maximum Gasteiger partial charge on any atom is 0.321 e. The number of hydrogen-bond donors (Lipinski definition) is 2. The minimum Gasteiger partial charge on any atom is -0.508 e. The van der Waals surface area contributed by atoms with Gasteiger partial charge in [0.2, 0.25) is 5.95 Å². The van der Waals surface area contributed by atoms with Gasteiger partial charge in [0, 0.05) is 12.6 Å². The lowest BCUT2D eigenvalue weighted by atomic mass is 10.1. The summed E-state index contributed by atoms with van der Waals surface area (Å²) in [6.45, 7) is 2.86. The molecule has 0 aliphatic rings. The van der Waals surface area contributed by atoms with Gasteiger partial charge in [-0.1, -0.05) is 18.2 Å². The van der Waals surface area contributed by atoms with Crippen LogP contribution in [-0.4, -0.2) is 31.6 Å². The number of hydrogen-bond acceptors (Lipinski definition) is 7. The summed E-state index contributed by atoms with van der Waals surface area (Å²) in [5.41, 5.74) is 1.88. The SMILES string of the molecule is CCOc1nc(Cc2ccc(O)cc2)nc(NCc2ccccn2)n1. The van der Waals surface area contributed by atoms with Crippen LogP contribution in [-0.2, 0) is 13.0 Å². The molecule has 0 bridgehead atoms. The molecular formula is C18H19N5O2. The van der Waals surface area contributed by atoms with E-state index >= 15 is 0 Å². The number of anilines is 1. The van der Waals surface area contributed by atoms with Gasteiger partial charge in [0.05, 0.1) is 18.8 Å². The summed E-state index contributed by atoms with van der Waals surface area (Å²) in [6, 6.07) is 13.0. The van der Waals surface area contributed by atoms with Crippen LogP contribution in [0.3, 0.4) is 0 Å². The number of aromatic hydroxyl groups is 1. The molecule has 0 amide bonds. The van der Waals surface area contributed by atoms with Crippen LogP contribution in [0, 0.1) is 0 Å². The summed E-state index contributed by atoms with van der Waals surface area (Å²) in [5, 5.41) is 12.5. The third-order valence-corrected chi connectivity index (χ3v) is 3.39. The van der Waals surface area contributed by atoms with E-state index in [0.717, 1.165) is 11.3 Å². The number of phenolic OH excluding ortho intramolecular Hbond substituents is 1. The number of pyridine rings is 1. The van der Waals surface area contributed by atoms with E-state index < -0.39 is 0 Å². The molecule has 0 fully saturated rings. The van der Waals surface area contributed by atoms with E-state index in [1.54, 1.807) is 18.3 Å². The topological polar surface area (TPSA) is 93.0 Å². The molecule has 0 atom stereocenters. The fourth-order valence-electron chi connectivity index (χ4n) is 2.22. The fourth-order valence-corrected chi connectivity index (χ4v) is 2.22. The molecule has 7 heteroatoms. The molecule has 0 aliphatic heterocycles. The van der Waals surface area contributed by atoms with Gasteiger partial charge in [-0.25, -0.2) is 0 Å². The Morgan fingerprint density at radius 2 is 1.88 bits per heavy atom. The first-order chi connectivity index (χ1) is 12.2. The summed E-state index contributed by atoms with van der Waals surface area (Å²) < 4.78 is 5.44. The largest absolute Gasteiger partial charge is 0.508 e. The second-order valence-corrected chi connectivity index (χ2v) is 5.31. The van der Waals surface area contributed by atoms with E-state index in [0.29, 0.717) is 31.3 Å². The highest BCUT2D eigenvalue weighted by Gasteiger charge is 2.09. The van der Waals surface area contributed by atoms with Gasteiger partial charge in [0.15, 0.2) is 0 Å². The Kier molecular flexibility index (Phi) is 5.36. The Bertz CT molecular complexity index is 809. The lowest BCUT2D eigenvalue weighted by Crippen LogP contribution is -2.10. The highest BCUT2D eigenvalue weighted by molar-refractivity contribution is 5.31. The average molecular weight is 337 g/mol. The number of nitrogens with one attached hydrogen (secondary N) is 1. The van der Waals surface area contributed by atoms with Crippen molar-refractivity contribution in [2.24, 2.45) is 0 Å². The first kappa shape index (κ1) is 16.6. The van der Waals surface area contributed by atoms with Gasteiger partial charge in [-0.3, -0.25) is 4.98 Å². The molecule has 0 aliphatic carbocycles. The summed E-state index contributed by atoms with van der Waals surface area (Å²) in [4.78, 5) is 17.3. The van der Waals surface area contributed by atoms with Crippen LogP contribution in [0.1, 0.15) is 24.0 Å². The summed E-state index contributed by atoms with van der Waals surface area (Å²) in [6.07, 6.45) is 2.26. The van der Waals surface area contributed by atoms with Gasteiger partial charge in [-0.15, -0.1) is 0 Å². The zero-order chi connectivity index (χ0) is 17.5. The van der Waals surface area contributed by atoms with Crippen LogP contribution in [0.2, 0.25) is 0 Å². The zero-order valence-corrected chi connectivity index (χ0v) is 13.9. The van der Waals surface area contributed by atoms with Gasteiger partial charge in [-0.2, -0.15) is 15.0 Å². The molecule has 0 radical (unpaired) electrons. The van der Waals surface area contributed by atoms with E-state index in [1.807, 2.05) is 37.3 Å². The minimum atomic E-state index is 0.229. The van der Waals surface area contributed by atoms with Crippen molar-refractivity contribution in [3.05, 3.63) is 65.7 Å². The van der Waals surface area contributed by atoms with E-state index in [2.05, 4.69) is 25.3 Å². The smallest absolute Gasteiger partial charge is 0.321 e. The van der Waals surface area contributed by atoms with Gasteiger partial charge in [-0.05, 0) is 36.8 Å². The highest BCUT2D eigenvalue weighted by atomic mass is 16.5. The zero-order valence-electron chi connectivity index (χ0n) is 13.9. The molecule has 128 valence electrons. The van der Waals surface area contributed by atoms with Crippen LogP contribution in [0.25, 0.3) is 0 Å². The molecule has 0 spiro atoms. The third-order valence-electron chi connectivity index (χ3n) is 3.39. The first-order valence-electron chi connectivity index (χ1n) is 8.02. The average Bonchev–Trinajstić information content (AvgIpc) is 2.63. The highest BCUT2D eigenvalue weighted by Crippen LogP contribution is 2.15. The van der Waals surface area contributed by atoms with Crippen molar-refractivity contribution in [1.82, 2.24) is 19.9 Å². The molecule has 3 rings (SSSR count). The molecule has 25 heavy (non-hydrogen) atoms. The van der Waals surface area contributed by atoms with Crippen LogP contribution in [0.4, 0.5) is 5.95 Å². The Labute approximate surface area is 145 Å². The van der Waals surface area contributed by atoms with Gasteiger partial charge < -0.3 is 15.2 Å². The van der Waals surface area contributed by atoms with E-state index in [4.69, 9.17) is 4.74 Å². The van der Waals surface area contributed by atoms with Crippen molar-refractivity contribution < 1.29 is 9.84 Å². The van der Waals surface area contributed by atoms with Crippen LogP contribution in [0.15, 0.2) is 48.7 Å². The predicted molar refractivity (Wildman–Crippen MR) is 93.5 cm³/mol. The van der Waals surface area contributed by atoms with Crippen molar-refractivity contribution in [1.29, 1.82) is 0 Å². The molecule has 0 saturated carbocycles. The van der Waals surface area contributed by atoms with Crippen molar-refractivity contribution in [3.8, 4) is 11.8 Å². The van der Waals surface area contributed by atoms with Crippen molar-refractivity contribution in [3.63, 3.8) is 0 Å². The Morgan fingerprint density at radius 1 is 1.04 bits per heavy atom. The number of ether oxygens (including phenoxy) is 1. The monoisotopic (exact) mass is 337 g/mol. The lowest BCUT2D eigenvalue weighted by molar-refractivity contribution is 0.310. The summed E-state index contributed by atoms with van der Waals surface area (Å²) >= 11 is 0. The Morgan fingerprint density at radius 3 is 2.60 bits per heavy atom. The molecule has 3 aromatic rings. The normalized spacial score (nSPS) is 10.4. The Balaban J connectivity index is 1.77. The minimum absolute atomic E-state index is 0.229. The predicted octanol–water partition coefficient (Wildman–Crippen LogP) is 2.57. The number of phenols is 1. The first-order valence-corrected chi connectivity index (χ1v) is 8.02. The quantitative estimate of drug-likeness (QED) is 0.684. The maximum atomic E-state index is 9.38. The van der Waals surface area contributed by atoms with Gasteiger partial charge >= 0.3 is 6.01 Å². The molecule has 7 nitrogen and oxygen atoms in total. The van der Waals surface area contributed by atoms with Gasteiger partial charge in [0.25, 0.3) is 0 Å². The second-order valence-electron chi connectivity index (χ2n) is 5.31. The summed E-state index contributed by atoms with van der Waals surface area (Å²) in [7, 11) is 0.